The summed E-state index contributed by atoms with van der Waals surface area (Å²) in [6.45, 7) is 5.76. The highest BCUT2D eigenvalue weighted by molar-refractivity contribution is 6.01. The maximum atomic E-state index is 13.0. The van der Waals surface area contributed by atoms with Crippen LogP contribution < -0.4 is 15.8 Å². The van der Waals surface area contributed by atoms with E-state index < -0.39 is 0 Å². The number of ether oxygens (including phenoxy) is 1. The third kappa shape index (κ3) is 3.43. The number of benzene rings is 2. The molecule has 0 atom stereocenters. The number of morpholine rings is 1. The monoisotopic (exact) mass is 390 g/mol. The number of aromatic nitrogens is 3. The lowest BCUT2D eigenvalue weighted by atomic mass is 10.1. The normalized spacial score (nSPS) is 15.3. The summed E-state index contributed by atoms with van der Waals surface area (Å²) in [5, 5.41) is 10.6. The fourth-order valence-electron chi connectivity index (χ4n) is 4.02. The molecule has 2 aromatic carbocycles. The Balaban J connectivity index is 1.50. The smallest absolute Gasteiger partial charge is 0.282 e. The van der Waals surface area contributed by atoms with Crippen molar-refractivity contribution in [1.29, 1.82) is 0 Å². The van der Waals surface area contributed by atoms with Gasteiger partial charge in [-0.2, -0.15) is 4.52 Å². The number of hydrogen-bond donors (Lipinski definition) is 2. The van der Waals surface area contributed by atoms with E-state index in [0.29, 0.717) is 16.6 Å². The molecule has 0 radical (unpaired) electrons. The number of rotatable bonds is 5. The minimum atomic E-state index is -0.142. The molecule has 1 saturated heterocycles. The van der Waals surface area contributed by atoms with Crippen molar-refractivity contribution in [3.05, 3.63) is 58.9 Å². The predicted octanol–water partition coefficient (Wildman–Crippen LogP) is 1.11. The summed E-state index contributed by atoms with van der Waals surface area (Å²) in [7, 11) is 0. The Hall–Kier alpha value is -3.03. The van der Waals surface area contributed by atoms with E-state index in [0.717, 1.165) is 62.4 Å². The second-order valence-corrected chi connectivity index (χ2v) is 7.46. The van der Waals surface area contributed by atoms with Gasteiger partial charge in [-0.25, -0.2) is 4.98 Å². The van der Waals surface area contributed by atoms with Crippen LogP contribution in [0, 0.1) is 0 Å². The van der Waals surface area contributed by atoms with Gasteiger partial charge in [0, 0.05) is 23.7 Å². The molecule has 29 heavy (non-hydrogen) atoms. The van der Waals surface area contributed by atoms with Crippen molar-refractivity contribution < 1.29 is 9.64 Å². The molecule has 0 spiro atoms. The molecule has 0 aliphatic carbocycles. The quantitative estimate of drug-likeness (QED) is 0.303. The molecule has 1 fully saturated rings. The predicted molar refractivity (Wildman–Crippen MR) is 114 cm³/mol. The first-order chi connectivity index (χ1) is 14.3. The Morgan fingerprint density at radius 2 is 1.72 bits per heavy atom. The second-order valence-electron chi connectivity index (χ2n) is 7.46. The first-order valence-corrected chi connectivity index (χ1v) is 10.2. The molecule has 0 saturated carbocycles. The lowest BCUT2D eigenvalue weighted by molar-refractivity contribution is -0.908. The summed E-state index contributed by atoms with van der Waals surface area (Å²) in [6.07, 6.45) is 1.04. The number of para-hydroxylation sites is 1. The molecule has 7 nitrogen and oxygen atoms in total. The van der Waals surface area contributed by atoms with Gasteiger partial charge in [-0.1, -0.05) is 36.4 Å². The minimum Gasteiger partial charge on any atom is -0.370 e. The fourth-order valence-corrected chi connectivity index (χ4v) is 4.02. The lowest BCUT2D eigenvalue weighted by Gasteiger charge is -2.23. The minimum absolute atomic E-state index is 0.142. The average Bonchev–Trinajstić information content (AvgIpc) is 2.78. The summed E-state index contributed by atoms with van der Waals surface area (Å²) < 4.78 is 6.85. The maximum Gasteiger partial charge on any atom is 0.282 e. The van der Waals surface area contributed by atoms with Gasteiger partial charge in [-0.05, 0) is 12.1 Å². The maximum absolute atomic E-state index is 13.0. The van der Waals surface area contributed by atoms with Crippen LogP contribution in [-0.4, -0.2) is 54.0 Å². The number of nitrogens with zero attached hydrogens (tertiary/aromatic N) is 3. The van der Waals surface area contributed by atoms with Crippen LogP contribution >= 0.6 is 0 Å². The van der Waals surface area contributed by atoms with Crippen molar-refractivity contribution in [2.75, 3.05) is 44.7 Å². The van der Waals surface area contributed by atoms with Gasteiger partial charge in [-0.15, -0.1) is 5.10 Å². The standard InChI is InChI=1S/C22H23N5O2/c28-22-18-8-3-4-9-19(18)24-21-17-7-2-1-6-16(17)20(25-27(21)22)23-10-5-11-26-12-14-29-15-13-26/h1-4,6-9H,5,10-15H2,(H,23,25)/p+1. The summed E-state index contributed by atoms with van der Waals surface area (Å²) in [5.74, 6) is 0.726. The van der Waals surface area contributed by atoms with E-state index in [1.54, 1.807) is 11.0 Å². The van der Waals surface area contributed by atoms with E-state index in [2.05, 4.69) is 10.4 Å². The zero-order chi connectivity index (χ0) is 19.6. The Morgan fingerprint density at radius 3 is 2.55 bits per heavy atom. The van der Waals surface area contributed by atoms with E-state index >= 15 is 0 Å². The topological polar surface area (TPSA) is 73.0 Å². The molecule has 0 amide bonds. The van der Waals surface area contributed by atoms with Crippen molar-refractivity contribution in [3.8, 4) is 0 Å². The van der Waals surface area contributed by atoms with Crippen LogP contribution in [0.3, 0.4) is 0 Å². The van der Waals surface area contributed by atoms with Gasteiger partial charge in [-0.3, -0.25) is 4.79 Å². The summed E-state index contributed by atoms with van der Waals surface area (Å²) in [5.41, 5.74) is 1.14. The van der Waals surface area contributed by atoms with Gasteiger partial charge in [0.25, 0.3) is 5.56 Å². The van der Waals surface area contributed by atoms with Gasteiger partial charge < -0.3 is 15.0 Å². The zero-order valence-electron chi connectivity index (χ0n) is 16.2. The Kier molecular flexibility index (Phi) is 4.83. The summed E-state index contributed by atoms with van der Waals surface area (Å²) >= 11 is 0. The third-order valence-corrected chi connectivity index (χ3v) is 5.58. The molecule has 5 rings (SSSR count). The first kappa shape index (κ1) is 18.0. The molecule has 3 heterocycles. The molecule has 7 heteroatoms. The molecule has 4 aromatic rings. The van der Waals surface area contributed by atoms with E-state index in [1.807, 2.05) is 42.5 Å². The van der Waals surface area contributed by atoms with Gasteiger partial charge >= 0.3 is 0 Å². The molecule has 2 N–H and O–H groups in total. The largest absolute Gasteiger partial charge is 0.370 e. The van der Waals surface area contributed by atoms with Crippen LogP contribution in [0.1, 0.15) is 6.42 Å². The van der Waals surface area contributed by atoms with Crippen molar-refractivity contribution in [1.82, 2.24) is 14.6 Å². The number of hydrogen-bond acceptors (Lipinski definition) is 5. The number of nitrogens with one attached hydrogen (secondary N) is 2. The first-order valence-electron chi connectivity index (χ1n) is 10.2. The van der Waals surface area contributed by atoms with Crippen LogP contribution in [0.5, 0.6) is 0 Å². The van der Waals surface area contributed by atoms with Crippen molar-refractivity contribution in [2.24, 2.45) is 0 Å². The van der Waals surface area contributed by atoms with Crippen LogP contribution in [0.15, 0.2) is 53.3 Å². The molecule has 0 unspecified atom stereocenters. The van der Waals surface area contributed by atoms with E-state index in [9.17, 15) is 4.79 Å². The van der Waals surface area contributed by atoms with Crippen LogP contribution in [0.2, 0.25) is 0 Å². The van der Waals surface area contributed by atoms with Crippen molar-refractivity contribution in [3.63, 3.8) is 0 Å². The van der Waals surface area contributed by atoms with E-state index in [-0.39, 0.29) is 5.56 Å². The second kappa shape index (κ2) is 7.77. The van der Waals surface area contributed by atoms with E-state index in [1.165, 1.54) is 4.52 Å². The van der Waals surface area contributed by atoms with Gasteiger partial charge in [0.1, 0.15) is 13.1 Å². The molecule has 0 bridgehead atoms. The SMILES string of the molecule is O=c1c2ccccc2nc2c3ccccc3c(NCCC[NH+]3CCOCC3)nn12. The van der Waals surface area contributed by atoms with Crippen LogP contribution in [-0.2, 0) is 4.74 Å². The number of fused-ring (bicyclic) bond motifs is 4. The summed E-state index contributed by atoms with van der Waals surface area (Å²) in [4.78, 5) is 19.3. The zero-order valence-corrected chi connectivity index (χ0v) is 16.2. The van der Waals surface area contributed by atoms with E-state index in [4.69, 9.17) is 9.72 Å². The molecule has 1 aliphatic rings. The third-order valence-electron chi connectivity index (χ3n) is 5.58. The Bertz CT molecular complexity index is 1230. The average molecular weight is 390 g/mol. The Morgan fingerprint density at radius 1 is 1.00 bits per heavy atom. The highest BCUT2D eigenvalue weighted by atomic mass is 16.5. The van der Waals surface area contributed by atoms with Gasteiger partial charge in [0.15, 0.2) is 11.5 Å². The van der Waals surface area contributed by atoms with Crippen molar-refractivity contribution in [2.45, 2.75) is 6.42 Å². The van der Waals surface area contributed by atoms with Crippen molar-refractivity contribution >= 4 is 33.1 Å². The highest BCUT2D eigenvalue weighted by Gasteiger charge is 2.15. The summed E-state index contributed by atoms with van der Waals surface area (Å²) in [6, 6.07) is 15.4. The molecule has 148 valence electrons. The number of quaternary nitrogens is 1. The molecular formula is C22H24N5O2+. The molecule has 2 aromatic heterocycles. The van der Waals surface area contributed by atoms with Gasteiger partial charge in [0.2, 0.25) is 0 Å². The Labute approximate surface area is 167 Å². The number of anilines is 1. The fraction of sp³-hybridized carbons (Fsp3) is 0.318. The van der Waals surface area contributed by atoms with Crippen LogP contribution in [0.4, 0.5) is 5.82 Å². The lowest BCUT2D eigenvalue weighted by Crippen LogP contribution is -3.14. The molecule has 1 aliphatic heterocycles. The molecular weight excluding hydrogens is 366 g/mol. The van der Waals surface area contributed by atoms with Crippen LogP contribution in [0.25, 0.3) is 27.3 Å². The highest BCUT2D eigenvalue weighted by Crippen LogP contribution is 2.24. The van der Waals surface area contributed by atoms with Gasteiger partial charge in [0.05, 0.1) is 30.7 Å².